The summed E-state index contributed by atoms with van der Waals surface area (Å²) in [4.78, 5) is 18.9. The van der Waals surface area contributed by atoms with Crippen LogP contribution in [0.2, 0.25) is 0 Å². The van der Waals surface area contributed by atoms with Gasteiger partial charge in [-0.2, -0.15) is 5.10 Å². The molecule has 1 aliphatic heterocycles. The molecule has 1 spiro atoms. The number of halogens is 1. The van der Waals surface area contributed by atoms with Gasteiger partial charge in [-0.05, 0) is 25.0 Å². The highest BCUT2D eigenvalue weighted by Gasteiger charge is 2.49. The molecule has 7 heteroatoms. The molecule has 1 amide bonds. The predicted molar refractivity (Wildman–Crippen MR) is 108 cm³/mol. The fourth-order valence-corrected chi connectivity index (χ4v) is 4.13. The van der Waals surface area contributed by atoms with Crippen molar-refractivity contribution in [3.05, 3.63) is 65.4 Å². The van der Waals surface area contributed by atoms with E-state index in [2.05, 4.69) is 15.4 Å². The summed E-state index contributed by atoms with van der Waals surface area (Å²) >= 11 is 0. The van der Waals surface area contributed by atoms with Gasteiger partial charge in [-0.15, -0.1) is 0 Å². The number of benzene rings is 1. The highest BCUT2D eigenvalue weighted by atomic mass is 19.1. The van der Waals surface area contributed by atoms with Crippen molar-refractivity contribution in [3.63, 3.8) is 0 Å². The highest BCUT2D eigenvalue weighted by Crippen LogP contribution is 2.54. The number of anilines is 1. The van der Waals surface area contributed by atoms with Crippen molar-refractivity contribution >= 4 is 11.7 Å². The number of nitrogens with one attached hydrogen (secondary N) is 1. The van der Waals surface area contributed by atoms with Crippen LogP contribution in [0.1, 0.15) is 34.3 Å². The number of nitrogens with zero attached hydrogens (tertiary/aromatic N) is 4. The van der Waals surface area contributed by atoms with Crippen LogP contribution in [0.25, 0.3) is 11.1 Å². The van der Waals surface area contributed by atoms with Gasteiger partial charge in [-0.3, -0.25) is 9.48 Å². The van der Waals surface area contributed by atoms with Gasteiger partial charge in [0, 0.05) is 67.2 Å². The average Bonchev–Trinajstić information content (AvgIpc) is 3.27. The second-order valence-corrected chi connectivity index (χ2v) is 8.10. The summed E-state index contributed by atoms with van der Waals surface area (Å²) in [5.41, 5.74) is 3.41. The van der Waals surface area contributed by atoms with Crippen LogP contribution < -0.4 is 5.32 Å². The summed E-state index contributed by atoms with van der Waals surface area (Å²) in [6, 6.07) is 6.99. The summed E-state index contributed by atoms with van der Waals surface area (Å²) < 4.78 is 17.0. The summed E-state index contributed by atoms with van der Waals surface area (Å²) in [5.74, 6) is 0.0332. The predicted octanol–water partition coefficient (Wildman–Crippen LogP) is 3.35. The van der Waals surface area contributed by atoms with Crippen LogP contribution in [0.4, 0.5) is 10.2 Å². The van der Waals surface area contributed by atoms with Crippen molar-refractivity contribution in [2.75, 3.05) is 18.9 Å². The molecule has 1 aliphatic carbocycles. The second-order valence-electron chi connectivity index (χ2n) is 8.10. The molecule has 3 aromatic rings. The first-order valence-corrected chi connectivity index (χ1v) is 9.73. The molecule has 0 radical (unpaired) electrons. The minimum absolute atomic E-state index is 0.0636. The molecule has 5 rings (SSSR count). The number of rotatable bonds is 4. The van der Waals surface area contributed by atoms with Gasteiger partial charge >= 0.3 is 0 Å². The molecule has 3 heterocycles. The third-order valence-electron chi connectivity index (χ3n) is 5.97. The highest BCUT2D eigenvalue weighted by molar-refractivity contribution is 5.95. The largest absolute Gasteiger partial charge is 0.369 e. The number of carbonyl (C=O) groups excluding carboxylic acids is 1. The smallest absolute Gasteiger partial charge is 0.256 e. The van der Waals surface area contributed by atoms with E-state index in [0.717, 1.165) is 30.8 Å². The third-order valence-corrected chi connectivity index (χ3v) is 5.97. The quantitative estimate of drug-likeness (QED) is 0.741. The van der Waals surface area contributed by atoms with E-state index in [1.54, 1.807) is 36.3 Å². The minimum atomic E-state index is -0.506. The summed E-state index contributed by atoms with van der Waals surface area (Å²) in [5, 5.41) is 7.45. The van der Waals surface area contributed by atoms with Crippen molar-refractivity contribution in [1.82, 2.24) is 19.7 Å². The molecule has 2 aliphatic rings. The monoisotopic (exact) mass is 391 g/mol. The first-order chi connectivity index (χ1) is 14.0. The molecular weight excluding hydrogens is 369 g/mol. The van der Waals surface area contributed by atoms with E-state index in [1.165, 1.54) is 16.5 Å². The van der Waals surface area contributed by atoms with Crippen molar-refractivity contribution in [3.8, 4) is 11.1 Å². The Hall–Kier alpha value is -3.22. The van der Waals surface area contributed by atoms with Crippen LogP contribution in [0, 0.1) is 5.82 Å². The molecule has 0 atom stereocenters. The van der Waals surface area contributed by atoms with Crippen LogP contribution in [0.3, 0.4) is 0 Å². The number of fused-ring (bicyclic) bond motifs is 2. The number of hydrogen-bond acceptors (Lipinski definition) is 4. The van der Waals surface area contributed by atoms with Gasteiger partial charge in [0.15, 0.2) is 0 Å². The SMILES string of the molecule is CN(Cc1cnn(C)c1)C(=O)c1cccc(-c2cnc3c(c2)C2(CC2)CN3)c1F. The lowest BCUT2D eigenvalue weighted by Crippen LogP contribution is -2.27. The Labute approximate surface area is 168 Å². The Bertz CT molecular complexity index is 1120. The summed E-state index contributed by atoms with van der Waals surface area (Å²) in [6.07, 6.45) is 7.50. The molecule has 1 N–H and O–H groups in total. The molecule has 1 fully saturated rings. The van der Waals surface area contributed by atoms with Gasteiger partial charge in [0.25, 0.3) is 5.91 Å². The zero-order chi connectivity index (χ0) is 20.2. The zero-order valence-electron chi connectivity index (χ0n) is 16.4. The maximum Gasteiger partial charge on any atom is 0.256 e. The molecule has 6 nitrogen and oxygen atoms in total. The van der Waals surface area contributed by atoms with Gasteiger partial charge in [0.05, 0.1) is 11.8 Å². The molecule has 1 saturated carbocycles. The topological polar surface area (TPSA) is 63.1 Å². The number of pyridine rings is 1. The van der Waals surface area contributed by atoms with Gasteiger partial charge in [0.1, 0.15) is 11.6 Å². The van der Waals surface area contributed by atoms with Crippen LogP contribution in [0.15, 0.2) is 42.9 Å². The molecule has 2 aromatic heterocycles. The molecule has 29 heavy (non-hydrogen) atoms. The van der Waals surface area contributed by atoms with Crippen LogP contribution in [0.5, 0.6) is 0 Å². The first kappa shape index (κ1) is 17.8. The number of aromatic nitrogens is 3. The second kappa shape index (κ2) is 6.40. The van der Waals surface area contributed by atoms with Crippen LogP contribution >= 0.6 is 0 Å². The lowest BCUT2D eigenvalue weighted by atomic mass is 9.96. The van der Waals surface area contributed by atoms with Gasteiger partial charge in [-0.1, -0.05) is 12.1 Å². The van der Waals surface area contributed by atoms with Crippen molar-refractivity contribution in [1.29, 1.82) is 0 Å². The number of aryl methyl sites for hydroxylation is 1. The van der Waals surface area contributed by atoms with Crippen molar-refractivity contribution in [2.24, 2.45) is 7.05 Å². The van der Waals surface area contributed by atoms with Gasteiger partial charge in [-0.25, -0.2) is 9.37 Å². The Morgan fingerprint density at radius 2 is 2.17 bits per heavy atom. The number of amides is 1. The van der Waals surface area contributed by atoms with Gasteiger partial charge < -0.3 is 10.2 Å². The molecule has 148 valence electrons. The minimum Gasteiger partial charge on any atom is -0.369 e. The lowest BCUT2D eigenvalue weighted by molar-refractivity contribution is 0.0780. The fourth-order valence-electron chi connectivity index (χ4n) is 4.13. The third kappa shape index (κ3) is 2.97. The maximum atomic E-state index is 15.4. The molecule has 1 aromatic carbocycles. The van der Waals surface area contributed by atoms with E-state index in [1.807, 2.05) is 19.3 Å². The normalized spacial score (nSPS) is 15.8. The summed E-state index contributed by atoms with van der Waals surface area (Å²) in [6.45, 7) is 1.27. The Balaban J connectivity index is 1.45. The maximum absolute atomic E-state index is 15.4. The Kier molecular flexibility index (Phi) is 3.94. The fraction of sp³-hybridized carbons (Fsp3) is 0.318. The van der Waals surface area contributed by atoms with E-state index < -0.39 is 5.82 Å². The first-order valence-electron chi connectivity index (χ1n) is 9.73. The van der Waals surface area contributed by atoms with E-state index in [9.17, 15) is 4.79 Å². The van der Waals surface area contributed by atoms with E-state index >= 15 is 4.39 Å². The van der Waals surface area contributed by atoms with Crippen molar-refractivity contribution < 1.29 is 9.18 Å². The zero-order valence-corrected chi connectivity index (χ0v) is 16.4. The standard InChI is InChI=1S/C22H22FN5O/c1-27(11-14-9-26-28(2)12-14)21(29)17-5-3-4-16(19(17)23)15-8-18-20(24-10-15)25-13-22(18)6-7-22/h3-5,8-10,12H,6-7,11,13H2,1-2H3,(H,24,25). The Morgan fingerprint density at radius 3 is 2.90 bits per heavy atom. The molecular formula is C22H22FN5O. The van der Waals surface area contributed by atoms with E-state index in [0.29, 0.717) is 17.7 Å². The number of carbonyl (C=O) groups is 1. The lowest BCUT2D eigenvalue weighted by Gasteiger charge is -2.18. The average molecular weight is 391 g/mol. The molecule has 0 unspecified atom stereocenters. The summed E-state index contributed by atoms with van der Waals surface area (Å²) in [7, 11) is 3.49. The number of hydrogen-bond donors (Lipinski definition) is 1. The molecule has 0 bridgehead atoms. The van der Waals surface area contributed by atoms with E-state index in [-0.39, 0.29) is 16.9 Å². The van der Waals surface area contributed by atoms with Crippen molar-refractivity contribution in [2.45, 2.75) is 24.8 Å². The Morgan fingerprint density at radius 1 is 1.34 bits per heavy atom. The van der Waals surface area contributed by atoms with Crippen LogP contribution in [-0.4, -0.2) is 39.2 Å². The van der Waals surface area contributed by atoms with Crippen LogP contribution in [-0.2, 0) is 19.0 Å². The van der Waals surface area contributed by atoms with E-state index in [4.69, 9.17) is 0 Å². The molecule has 0 saturated heterocycles. The van der Waals surface area contributed by atoms with Gasteiger partial charge in [0.2, 0.25) is 0 Å².